The van der Waals surface area contributed by atoms with Gasteiger partial charge in [0.2, 0.25) is 0 Å². The summed E-state index contributed by atoms with van der Waals surface area (Å²) in [6, 6.07) is 0. The van der Waals surface area contributed by atoms with Gasteiger partial charge in [-0.2, -0.15) is 0 Å². The fourth-order valence-corrected chi connectivity index (χ4v) is 1.41. The summed E-state index contributed by atoms with van der Waals surface area (Å²) in [7, 11) is 0. The number of aromatic nitrogens is 1. The van der Waals surface area contributed by atoms with Gasteiger partial charge >= 0.3 is 0 Å². The Bertz CT molecular complexity index is 193. The van der Waals surface area contributed by atoms with Crippen molar-refractivity contribution in [1.82, 2.24) is 4.98 Å². The van der Waals surface area contributed by atoms with Crippen molar-refractivity contribution in [3.05, 3.63) is 16.6 Å². The zero-order chi connectivity index (χ0) is 7.61. The van der Waals surface area contributed by atoms with Crippen LogP contribution in [0.2, 0.25) is 0 Å². The summed E-state index contributed by atoms with van der Waals surface area (Å²) in [5.41, 5.74) is -0.728. The number of hydrogen-bond donors (Lipinski definition) is 1. The van der Waals surface area contributed by atoms with Crippen LogP contribution in [0.5, 0.6) is 0 Å². The second-order valence-corrected chi connectivity index (χ2v) is 3.36. The molecule has 0 amide bonds. The fraction of sp³-hybridized carbons (Fsp3) is 0.571. The third-order valence-corrected chi connectivity index (χ3v) is 2.61. The van der Waals surface area contributed by atoms with E-state index in [9.17, 15) is 5.11 Å². The highest BCUT2D eigenvalue weighted by Crippen LogP contribution is 2.25. The Balaban J connectivity index is 2.85. The number of nitrogens with zero attached hydrogens (tertiary/aromatic N) is 1. The first kappa shape index (κ1) is 7.69. The Morgan fingerprint density at radius 2 is 2.50 bits per heavy atom. The second-order valence-electron chi connectivity index (χ2n) is 2.46. The Hall–Kier alpha value is -0.410. The summed E-state index contributed by atoms with van der Waals surface area (Å²) in [6.07, 6.45) is 2.42. The standard InChI is InChI=1S/C7H11NOS/c1-3-7(2,9)6-8-4-5-10-6/h4-5,9H,3H2,1-2H3. The molecule has 0 radical (unpaired) electrons. The van der Waals surface area contributed by atoms with Crippen molar-refractivity contribution in [2.24, 2.45) is 0 Å². The van der Waals surface area contributed by atoms with Gasteiger partial charge in [-0.3, -0.25) is 0 Å². The quantitative estimate of drug-likeness (QED) is 0.709. The average Bonchev–Trinajstić information content (AvgIpc) is 2.38. The molecule has 0 saturated carbocycles. The van der Waals surface area contributed by atoms with Gasteiger partial charge in [-0.25, -0.2) is 4.98 Å². The smallest absolute Gasteiger partial charge is 0.124 e. The summed E-state index contributed by atoms with van der Waals surface area (Å²) in [5.74, 6) is 0. The van der Waals surface area contributed by atoms with E-state index in [-0.39, 0.29) is 0 Å². The Morgan fingerprint density at radius 3 is 2.90 bits per heavy atom. The molecule has 1 atom stereocenters. The SMILES string of the molecule is CCC(C)(O)c1nccs1. The molecule has 0 saturated heterocycles. The number of hydrogen-bond acceptors (Lipinski definition) is 3. The molecule has 1 aromatic heterocycles. The normalized spacial score (nSPS) is 16.7. The molecule has 1 aromatic rings. The Morgan fingerprint density at radius 1 is 1.80 bits per heavy atom. The van der Waals surface area contributed by atoms with Crippen molar-refractivity contribution in [1.29, 1.82) is 0 Å². The summed E-state index contributed by atoms with van der Waals surface area (Å²) < 4.78 is 0. The van der Waals surface area contributed by atoms with Crippen LogP contribution in [0.15, 0.2) is 11.6 Å². The largest absolute Gasteiger partial charge is 0.383 e. The summed E-state index contributed by atoms with van der Waals surface area (Å²) in [5, 5.41) is 12.3. The van der Waals surface area contributed by atoms with E-state index < -0.39 is 5.60 Å². The first-order chi connectivity index (χ1) is 4.67. The van der Waals surface area contributed by atoms with Crippen LogP contribution in [0.4, 0.5) is 0 Å². The minimum absolute atomic E-state index is 0.709. The molecule has 1 N–H and O–H groups in total. The maximum absolute atomic E-state index is 9.63. The zero-order valence-corrected chi connectivity index (χ0v) is 6.98. The number of thiazole rings is 1. The van der Waals surface area contributed by atoms with Gasteiger partial charge in [0, 0.05) is 11.6 Å². The molecule has 1 rings (SSSR count). The molecule has 0 bridgehead atoms. The van der Waals surface area contributed by atoms with Gasteiger partial charge in [-0.05, 0) is 13.3 Å². The second kappa shape index (κ2) is 2.68. The molecule has 56 valence electrons. The molecule has 0 aromatic carbocycles. The minimum Gasteiger partial charge on any atom is -0.383 e. The van der Waals surface area contributed by atoms with E-state index in [0.29, 0.717) is 6.42 Å². The highest BCUT2D eigenvalue weighted by Gasteiger charge is 2.22. The van der Waals surface area contributed by atoms with E-state index in [1.807, 2.05) is 12.3 Å². The summed E-state index contributed by atoms with van der Waals surface area (Å²) in [6.45, 7) is 3.73. The molecular weight excluding hydrogens is 146 g/mol. The van der Waals surface area contributed by atoms with Crippen molar-refractivity contribution in [2.75, 3.05) is 0 Å². The number of aliphatic hydroxyl groups is 1. The molecular formula is C7H11NOS. The van der Waals surface area contributed by atoms with Gasteiger partial charge < -0.3 is 5.11 Å². The van der Waals surface area contributed by atoms with Gasteiger partial charge in [0.1, 0.15) is 10.6 Å². The third-order valence-electron chi connectivity index (χ3n) is 1.58. The molecule has 1 unspecified atom stereocenters. The molecule has 3 heteroatoms. The van der Waals surface area contributed by atoms with E-state index >= 15 is 0 Å². The zero-order valence-electron chi connectivity index (χ0n) is 6.16. The van der Waals surface area contributed by atoms with Gasteiger partial charge in [0.15, 0.2) is 0 Å². The minimum atomic E-state index is -0.728. The van der Waals surface area contributed by atoms with Crippen molar-refractivity contribution >= 4 is 11.3 Å². The van der Waals surface area contributed by atoms with E-state index in [2.05, 4.69) is 4.98 Å². The lowest BCUT2D eigenvalue weighted by molar-refractivity contribution is 0.0528. The predicted molar refractivity (Wildman–Crippen MR) is 42.0 cm³/mol. The average molecular weight is 157 g/mol. The van der Waals surface area contributed by atoms with Crippen LogP contribution in [0.3, 0.4) is 0 Å². The molecule has 10 heavy (non-hydrogen) atoms. The first-order valence-electron chi connectivity index (χ1n) is 3.29. The van der Waals surface area contributed by atoms with Crippen LogP contribution in [0, 0.1) is 0 Å². The van der Waals surface area contributed by atoms with Gasteiger partial charge in [-0.15, -0.1) is 11.3 Å². The molecule has 0 aliphatic carbocycles. The molecule has 0 aliphatic heterocycles. The molecule has 1 heterocycles. The topological polar surface area (TPSA) is 33.1 Å². The van der Waals surface area contributed by atoms with Crippen molar-refractivity contribution in [3.8, 4) is 0 Å². The lowest BCUT2D eigenvalue weighted by atomic mass is 10.1. The van der Waals surface area contributed by atoms with Crippen molar-refractivity contribution in [3.63, 3.8) is 0 Å². The molecule has 0 aliphatic rings. The maximum atomic E-state index is 9.63. The molecule has 0 spiro atoms. The van der Waals surface area contributed by atoms with Crippen LogP contribution in [-0.2, 0) is 5.60 Å². The molecule has 2 nitrogen and oxygen atoms in total. The van der Waals surface area contributed by atoms with Crippen LogP contribution in [0.1, 0.15) is 25.3 Å². The summed E-state index contributed by atoms with van der Waals surface area (Å²) >= 11 is 1.49. The number of rotatable bonds is 2. The highest BCUT2D eigenvalue weighted by molar-refractivity contribution is 7.09. The van der Waals surface area contributed by atoms with Gasteiger partial charge in [0.05, 0.1) is 0 Å². The lowest BCUT2D eigenvalue weighted by Crippen LogP contribution is -2.18. The molecule has 0 fully saturated rings. The van der Waals surface area contributed by atoms with Crippen molar-refractivity contribution < 1.29 is 5.11 Å². The summed E-state index contributed by atoms with van der Waals surface area (Å²) in [4.78, 5) is 4.03. The van der Waals surface area contributed by atoms with Crippen LogP contribution >= 0.6 is 11.3 Å². The lowest BCUT2D eigenvalue weighted by Gasteiger charge is -2.17. The van der Waals surface area contributed by atoms with Crippen LogP contribution in [-0.4, -0.2) is 10.1 Å². The van der Waals surface area contributed by atoms with Crippen LogP contribution < -0.4 is 0 Å². The third kappa shape index (κ3) is 1.36. The van der Waals surface area contributed by atoms with Crippen LogP contribution in [0.25, 0.3) is 0 Å². The Labute approximate surface area is 64.5 Å². The van der Waals surface area contributed by atoms with Crippen molar-refractivity contribution in [2.45, 2.75) is 25.9 Å². The van der Waals surface area contributed by atoms with E-state index in [1.165, 1.54) is 11.3 Å². The fourth-order valence-electron chi connectivity index (χ4n) is 0.641. The highest BCUT2D eigenvalue weighted by atomic mass is 32.1. The van der Waals surface area contributed by atoms with E-state index in [0.717, 1.165) is 5.01 Å². The Kier molecular flexibility index (Phi) is 2.06. The van der Waals surface area contributed by atoms with E-state index in [1.54, 1.807) is 13.1 Å². The monoisotopic (exact) mass is 157 g/mol. The maximum Gasteiger partial charge on any atom is 0.124 e. The first-order valence-corrected chi connectivity index (χ1v) is 4.17. The van der Waals surface area contributed by atoms with E-state index in [4.69, 9.17) is 0 Å². The van der Waals surface area contributed by atoms with Gasteiger partial charge in [0.25, 0.3) is 0 Å². The van der Waals surface area contributed by atoms with Gasteiger partial charge in [-0.1, -0.05) is 6.92 Å². The predicted octanol–water partition coefficient (Wildman–Crippen LogP) is 1.76.